The predicted octanol–water partition coefficient (Wildman–Crippen LogP) is 3.74. The SMILES string of the molecule is CC(C)(C)N(Cl)NC(=O)c1ccc2ccccc2c1. The number of halogens is 1. The Balaban J connectivity index is 2.22. The first-order chi connectivity index (χ1) is 8.88. The summed E-state index contributed by atoms with van der Waals surface area (Å²) in [6.45, 7) is 5.75. The largest absolute Gasteiger partial charge is 0.270 e. The fourth-order valence-electron chi connectivity index (χ4n) is 1.65. The van der Waals surface area contributed by atoms with Crippen LogP contribution in [0, 0.1) is 0 Å². The second-order valence-electron chi connectivity index (χ2n) is 5.45. The Hall–Kier alpha value is -1.58. The second kappa shape index (κ2) is 5.19. The molecule has 100 valence electrons. The lowest BCUT2D eigenvalue weighted by Gasteiger charge is -2.28. The molecule has 0 atom stereocenters. The van der Waals surface area contributed by atoms with Gasteiger partial charge < -0.3 is 0 Å². The Bertz CT molecular complexity index is 604. The lowest BCUT2D eigenvalue weighted by Crippen LogP contribution is -2.46. The Morgan fingerprint density at radius 2 is 1.74 bits per heavy atom. The quantitative estimate of drug-likeness (QED) is 0.669. The third-order valence-corrected chi connectivity index (χ3v) is 3.39. The van der Waals surface area contributed by atoms with Crippen molar-refractivity contribution in [2.75, 3.05) is 0 Å². The fraction of sp³-hybridized carbons (Fsp3) is 0.267. The highest BCUT2D eigenvalue weighted by Crippen LogP contribution is 2.17. The molecule has 0 aliphatic heterocycles. The highest BCUT2D eigenvalue weighted by atomic mass is 35.5. The van der Waals surface area contributed by atoms with Crippen LogP contribution in [0.4, 0.5) is 0 Å². The van der Waals surface area contributed by atoms with Crippen LogP contribution in [0.15, 0.2) is 42.5 Å². The summed E-state index contributed by atoms with van der Waals surface area (Å²) in [4.78, 5) is 12.1. The van der Waals surface area contributed by atoms with E-state index in [0.717, 1.165) is 10.8 Å². The van der Waals surface area contributed by atoms with E-state index < -0.39 is 0 Å². The van der Waals surface area contributed by atoms with Crippen LogP contribution >= 0.6 is 11.8 Å². The third kappa shape index (κ3) is 3.25. The van der Waals surface area contributed by atoms with Gasteiger partial charge in [0.2, 0.25) is 0 Å². The number of hydrogen-bond donors (Lipinski definition) is 1. The van der Waals surface area contributed by atoms with E-state index in [-0.39, 0.29) is 11.4 Å². The number of hydrazine groups is 1. The van der Waals surface area contributed by atoms with Gasteiger partial charge in [0.15, 0.2) is 0 Å². The van der Waals surface area contributed by atoms with Crippen LogP contribution in [0.5, 0.6) is 0 Å². The zero-order chi connectivity index (χ0) is 14.0. The molecule has 0 bridgehead atoms. The van der Waals surface area contributed by atoms with Gasteiger partial charge in [-0.2, -0.15) is 0 Å². The van der Waals surface area contributed by atoms with Crippen LogP contribution in [0.1, 0.15) is 31.1 Å². The summed E-state index contributed by atoms with van der Waals surface area (Å²) in [5.41, 5.74) is 2.91. The molecule has 2 aromatic rings. The van der Waals surface area contributed by atoms with E-state index in [0.29, 0.717) is 5.56 Å². The zero-order valence-corrected chi connectivity index (χ0v) is 12.0. The minimum absolute atomic E-state index is 0.212. The van der Waals surface area contributed by atoms with Crippen molar-refractivity contribution in [1.82, 2.24) is 9.95 Å². The summed E-state index contributed by atoms with van der Waals surface area (Å²) in [7, 11) is 0. The van der Waals surface area contributed by atoms with Gasteiger partial charge in [0.05, 0.1) is 0 Å². The molecule has 0 aliphatic rings. The van der Waals surface area contributed by atoms with Gasteiger partial charge in [-0.15, -0.1) is 4.53 Å². The lowest BCUT2D eigenvalue weighted by molar-refractivity contribution is 0.0806. The Kier molecular flexibility index (Phi) is 3.78. The maximum absolute atomic E-state index is 12.1. The molecule has 4 heteroatoms. The number of nitrogens with one attached hydrogen (secondary N) is 1. The molecule has 0 heterocycles. The van der Waals surface area contributed by atoms with Gasteiger partial charge in [0.25, 0.3) is 5.91 Å². The van der Waals surface area contributed by atoms with Crippen molar-refractivity contribution in [3.05, 3.63) is 48.0 Å². The number of hydrogen-bond acceptors (Lipinski definition) is 2. The van der Waals surface area contributed by atoms with Crippen molar-refractivity contribution in [2.24, 2.45) is 0 Å². The summed E-state index contributed by atoms with van der Waals surface area (Å²) in [6.07, 6.45) is 0. The average Bonchev–Trinajstić information content (AvgIpc) is 2.37. The number of rotatable bonds is 2. The smallest absolute Gasteiger partial charge is 0.266 e. The van der Waals surface area contributed by atoms with Gasteiger partial charge in [-0.1, -0.05) is 30.3 Å². The molecular formula is C15H17ClN2O. The van der Waals surface area contributed by atoms with Crippen LogP contribution in [-0.4, -0.2) is 16.0 Å². The molecule has 0 saturated carbocycles. The molecule has 0 saturated heterocycles. The number of carbonyl (C=O) groups excluding carboxylic acids is 1. The summed E-state index contributed by atoms with van der Waals surface area (Å²) in [6, 6.07) is 13.5. The number of carbonyl (C=O) groups is 1. The first-order valence-electron chi connectivity index (χ1n) is 6.14. The van der Waals surface area contributed by atoms with E-state index in [4.69, 9.17) is 11.8 Å². The maximum atomic E-state index is 12.1. The normalized spacial score (nSPS) is 11.8. The third-order valence-electron chi connectivity index (χ3n) is 2.80. The first kappa shape index (κ1) is 13.8. The van der Waals surface area contributed by atoms with Gasteiger partial charge in [0.1, 0.15) is 0 Å². The second-order valence-corrected chi connectivity index (χ2v) is 5.79. The van der Waals surface area contributed by atoms with E-state index in [1.807, 2.05) is 57.2 Å². The molecule has 1 N–H and O–H groups in total. The number of nitrogens with zero attached hydrogens (tertiary/aromatic N) is 1. The molecule has 2 aromatic carbocycles. The number of benzene rings is 2. The molecule has 0 fully saturated rings. The van der Waals surface area contributed by atoms with Gasteiger partial charge >= 0.3 is 0 Å². The van der Waals surface area contributed by atoms with E-state index in [1.165, 1.54) is 4.53 Å². The molecule has 0 spiro atoms. The summed E-state index contributed by atoms with van der Waals surface area (Å²) >= 11 is 6.02. The summed E-state index contributed by atoms with van der Waals surface area (Å²) in [5.74, 6) is -0.212. The summed E-state index contributed by atoms with van der Waals surface area (Å²) < 4.78 is 1.30. The van der Waals surface area contributed by atoms with E-state index in [1.54, 1.807) is 6.07 Å². The standard InChI is InChI=1S/C15H17ClN2O/c1-15(2,3)18(16)17-14(19)13-9-8-11-6-4-5-7-12(11)10-13/h4-10H,1-3H3,(H,17,19). The predicted molar refractivity (Wildman–Crippen MR) is 78.9 cm³/mol. The monoisotopic (exact) mass is 276 g/mol. The number of amides is 1. The minimum Gasteiger partial charge on any atom is -0.270 e. The van der Waals surface area contributed by atoms with Gasteiger partial charge in [0, 0.05) is 22.9 Å². The van der Waals surface area contributed by atoms with Crippen molar-refractivity contribution < 1.29 is 4.79 Å². The van der Waals surface area contributed by atoms with Crippen LogP contribution in [0.25, 0.3) is 10.8 Å². The van der Waals surface area contributed by atoms with Crippen molar-refractivity contribution in [3.63, 3.8) is 0 Å². The number of fused-ring (bicyclic) bond motifs is 1. The van der Waals surface area contributed by atoms with Gasteiger partial charge in [-0.05, 0) is 43.7 Å². The van der Waals surface area contributed by atoms with Gasteiger partial charge in [-0.3, -0.25) is 10.2 Å². The van der Waals surface area contributed by atoms with Crippen LogP contribution in [0.2, 0.25) is 0 Å². The lowest BCUT2D eigenvalue weighted by atomic mass is 10.1. The van der Waals surface area contributed by atoms with Crippen molar-refractivity contribution >= 4 is 28.5 Å². The molecule has 0 aromatic heterocycles. The van der Waals surface area contributed by atoms with Crippen LogP contribution in [0.3, 0.4) is 0 Å². The topological polar surface area (TPSA) is 32.3 Å². The Morgan fingerprint density at radius 1 is 1.11 bits per heavy atom. The molecule has 0 aliphatic carbocycles. The minimum atomic E-state index is -0.339. The Labute approximate surface area is 118 Å². The zero-order valence-electron chi connectivity index (χ0n) is 11.3. The van der Waals surface area contributed by atoms with Gasteiger partial charge in [-0.25, -0.2) is 0 Å². The fourth-order valence-corrected chi connectivity index (χ4v) is 1.73. The first-order valence-corrected chi connectivity index (χ1v) is 6.47. The Morgan fingerprint density at radius 3 is 2.37 bits per heavy atom. The van der Waals surface area contributed by atoms with Crippen LogP contribution in [-0.2, 0) is 0 Å². The van der Waals surface area contributed by atoms with Crippen molar-refractivity contribution in [2.45, 2.75) is 26.3 Å². The highest BCUT2D eigenvalue weighted by Gasteiger charge is 2.21. The molecule has 19 heavy (non-hydrogen) atoms. The van der Waals surface area contributed by atoms with Crippen molar-refractivity contribution in [1.29, 1.82) is 0 Å². The van der Waals surface area contributed by atoms with Crippen LogP contribution < -0.4 is 5.43 Å². The summed E-state index contributed by atoms with van der Waals surface area (Å²) in [5, 5.41) is 2.14. The maximum Gasteiger partial charge on any atom is 0.266 e. The van der Waals surface area contributed by atoms with E-state index >= 15 is 0 Å². The van der Waals surface area contributed by atoms with E-state index in [2.05, 4.69) is 5.43 Å². The molecule has 2 rings (SSSR count). The average molecular weight is 277 g/mol. The molecule has 3 nitrogen and oxygen atoms in total. The highest BCUT2D eigenvalue weighted by molar-refractivity contribution is 6.14. The van der Waals surface area contributed by atoms with Crippen molar-refractivity contribution in [3.8, 4) is 0 Å². The molecule has 1 amide bonds. The molecule has 0 radical (unpaired) electrons. The molecule has 0 unspecified atom stereocenters. The molecular weight excluding hydrogens is 260 g/mol. The van der Waals surface area contributed by atoms with E-state index in [9.17, 15) is 4.79 Å².